The number of Topliss-reactive ketones (excluding diaryl/α,β-unsaturated/α-hetero) is 2. The number of hydrogen-bond donors (Lipinski definition) is 0. The highest BCUT2D eigenvalue weighted by Gasteiger charge is 2.23. The minimum Gasteiger partial charge on any atom is -0.379 e. The molecule has 24 heavy (non-hydrogen) atoms. The van der Waals surface area contributed by atoms with Crippen LogP contribution in [0, 0.1) is 0 Å². The zero-order chi connectivity index (χ0) is 17.9. The summed E-state index contributed by atoms with van der Waals surface area (Å²) < 4.78 is 10.8. The first-order valence-corrected chi connectivity index (χ1v) is 8.14. The van der Waals surface area contributed by atoms with Gasteiger partial charge in [-0.05, 0) is 20.3 Å². The van der Waals surface area contributed by atoms with Gasteiger partial charge in [-0.1, -0.05) is 0 Å². The Morgan fingerprint density at radius 3 is 2.38 bits per heavy atom. The van der Waals surface area contributed by atoms with Gasteiger partial charge in [0.05, 0.1) is 19.3 Å². The second kappa shape index (κ2) is 10.8. The zero-order valence-electron chi connectivity index (χ0n) is 14.3. The van der Waals surface area contributed by atoms with E-state index < -0.39 is 0 Å². The molecule has 0 aromatic heterocycles. The molecule has 0 saturated carbocycles. The second-order valence-electron chi connectivity index (χ2n) is 5.76. The van der Waals surface area contributed by atoms with E-state index in [9.17, 15) is 19.2 Å². The lowest BCUT2D eigenvalue weighted by Crippen LogP contribution is -2.32. The Morgan fingerprint density at radius 2 is 1.75 bits per heavy atom. The minimum absolute atomic E-state index is 0.00291. The smallest absolute Gasteiger partial charge is 0.253 e. The van der Waals surface area contributed by atoms with Crippen LogP contribution >= 0.6 is 0 Å². The zero-order valence-corrected chi connectivity index (χ0v) is 14.3. The molecule has 0 saturated heterocycles. The van der Waals surface area contributed by atoms with E-state index in [4.69, 9.17) is 9.47 Å². The Balaban J connectivity index is 2.00. The maximum absolute atomic E-state index is 11.7. The van der Waals surface area contributed by atoms with Crippen LogP contribution in [0.4, 0.5) is 0 Å². The summed E-state index contributed by atoms with van der Waals surface area (Å²) in [6, 6.07) is 0. The Hall–Kier alpha value is -1.86. The largest absolute Gasteiger partial charge is 0.379 e. The molecule has 7 heteroatoms. The van der Waals surface area contributed by atoms with Crippen LogP contribution in [0.3, 0.4) is 0 Å². The van der Waals surface area contributed by atoms with E-state index in [1.165, 1.54) is 19.1 Å². The molecule has 1 unspecified atom stereocenters. The van der Waals surface area contributed by atoms with Gasteiger partial charge in [-0.15, -0.1) is 0 Å². The second-order valence-corrected chi connectivity index (χ2v) is 5.76. The predicted molar refractivity (Wildman–Crippen MR) is 86.2 cm³/mol. The molecule has 2 amide bonds. The van der Waals surface area contributed by atoms with Gasteiger partial charge >= 0.3 is 0 Å². The van der Waals surface area contributed by atoms with Crippen molar-refractivity contribution in [2.45, 2.75) is 45.6 Å². The van der Waals surface area contributed by atoms with Crippen LogP contribution in [-0.2, 0) is 28.7 Å². The molecule has 0 aliphatic carbocycles. The van der Waals surface area contributed by atoms with Crippen LogP contribution in [0.5, 0.6) is 0 Å². The topological polar surface area (TPSA) is 90.0 Å². The van der Waals surface area contributed by atoms with Gasteiger partial charge in [0.25, 0.3) is 11.8 Å². The highest BCUT2D eigenvalue weighted by Crippen LogP contribution is 2.06. The first kappa shape index (κ1) is 20.2. The molecule has 0 fully saturated rings. The molecular formula is C17H25NO6. The molecule has 0 N–H and O–H groups in total. The van der Waals surface area contributed by atoms with Crippen molar-refractivity contribution in [1.82, 2.24) is 4.90 Å². The molecule has 134 valence electrons. The normalized spacial score (nSPS) is 15.2. The molecule has 1 heterocycles. The number of rotatable bonds is 13. The highest BCUT2D eigenvalue weighted by molar-refractivity contribution is 6.13. The fraction of sp³-hybridized carbons (Fsp3) is 0.647. The lowest BCUT2D eigenvalue weighted by molar-refractivity contribution is -0.137. The fourth-order valence-corrected chi connectivity index (χ4v) is 2.09. The summed E-state index contributed by atoms with van der Waals surface area (Å²) >= 11 is 0. The van der Waals surface area contributed by atoms with Gasteiger partial charge in [-0.2, -0.15) is 0 Å². The van der Waals surface area contributed by atoms with E-state index in [2.05, 4.69) is 0 Å². The van der Waals surface area contributed by atoms with E-state index in [0.29, 0.717) is 39.1 Å². The van der Waals surface area contributed by atoms with Crippen LogP contribution in [-0.4, -0.2) is 60.8 Å². The molecule has 0 bridgehead atoms. The number of carbonyl (C=O) groups excluding carboxylic acids is 4. The number of imide groups is 1. The van der Waals surface area contributed by atoms with E-state index in [0.717, 1.165) is 4.90 Å². The van der Waals surface area contributed by atoms with Crippen molar-refractivity contribution in [2.24, 2.45) is 0 Å². The summed E-state index contributed by atoms with van der Waals surface area (Å²) in [5.41, 5.74) is 0. The van der Waals surface area contributed by atoms with Crippen LogP contribution < -0.4 is 0 Å². The minimum atomic E-state index is -0.366. The number of ketones is 2. The van der Waals surface area contributed by atoms with Crippen molar-refractivity contribution < 1.29 is 28.7 Å². The van der Waals surface area contributed by atoms with Crippen LogP contribution in [0.15, 0.2) is 12.2 Å². The third-order valence-electron chi connectivity index (χ3n) is 3.47. The number of carbonyl (C=O) groups is 4. The number of nitrogens with zero attached hydrogens (tertiary/aromatic N) is 1. The number of ether oxygens (including phenoxy) is 2. The summed E-state index contributed by atoms with van der Waals surface area (Å²) in [5, 5.41) is 0. The SMILES string of the molecule is CC(=O)CCOC(C)COCCCC(=O)CCN1C(=O)C=CC1=O. The average molecular weight is 339 g/mol. The van der Waals surface area contributed by atoms with Gasteiger partial charge in [-0.25, -0.2) is 0 Å². The van der Waals surface area contributed by atoms with Gasteiger partial charge in [0.1, 0.15) is 11.6 Å². The van der Waals surface area contributed by atoms with Gasteiger partial charge in [-0.3, -0.25) is 24.1 Å². The summed E-state index contributed by atoms with van der Waals surface area (Å²) in [6.07, 6.45) is 3.82. The van der Waals surface area contributed by atoms with Gasteiger partial charge in [0, 0.05) is 44.6 Å². The van der Waals surface area contributed by atoms with Crippen LogP contribution in [0.25, 0.3) is 0 Å². The quantitative estimate of drug-likeness (QED) is 0.368. The summed E-state index contributed by atoms with van der Waals surface area (Å²) in [5.74, 6) is -0.642. The maximum atomic E-state index is 11.7. The Bertz CT molecular complexity index is 481. The number of amides is 2. The molecule has 1 atom stereocenters. The summed E-state index contributed by atoms with van der Waals surface area (Å²) in [7, 11) is 0. The molecule has 1 aliphatic rings. The number of hydrogen-bond acceptors (Lipinski definition) is 6. The molecular weight excluding hydrogens is 314 g/mol. The van der Waals surface area contributed by atoms with Gasteiger partial charge in [0.2, 0.25) is 0 Å². The fourth-order valence-electron chi connectivity index (χ4n) is 2.09. The van der Waals surface area contributed by atoms with E-state index in [1.807, 2.05) is 6.92 Å². The van der Waals surface area contributed by atoms with E-state index in [1.54, 1.807) is 0 Å². The first-order valence-electron chi connectivity index (χ1n) is 8.14. The van der Waals surface area contributed by atoms with E-state index >= 15 is 0 Å². The van der Waals surface area contributed by atoms with Crippen molar-refractivity contribution in [2.75, 3.05) is 26.4 Å². The van der Waals surface area contributed by atoms with Crippen molar-refractivity contribution in [3.63, 3.8) is 0 Å². The molecule has 1 aliphatic heterocycles. The molecule has 0 radical (unpaired) electrons. The van der Waals surface area contributed by atoms with Crippen molar-refractivity contribution in [3.05, 3.63) is 12.2 Å². The van der Waals surface area contributed by atoms with Crippen LogP contribution in [0.2, 0.25) is 0 Å². The Kier molecular flexibility index (Phi) is 9.11. The lowest BCUT2D eigenvalue weighted by atomic mass is 10.1. The van der Waals surface area contributed by atoms with Crippen molar-refractivity contribution in [3.8, 4) is 0 Å². The standard InChI is InChI=1S/C17H25NO6/c1-13(19)8-11-24-14(2)12-23-10-3-4-15(20)7-9-18-16(21)5-6-17(18)22/h5-6,14H,3-4,7-12H2,1-2H3. The average Bonchev–Trinajstić information content (AvgIpc) is 2.83. The highest BCUT2D eigenvalue weighted by atomic mass is 16.5. The van der Waals surface area contributed by atoms with Crippen LogP contribution in [0.1, 0.15) is 39.5 Å². The summed E-state index contributed by atoms with van der Waals surface area (Å²) in [4.78, 5) is 46.2. The summed E-state index contributed by atoms with van der Waals surface area (Å²) in [6.45, 7) is 4.76. The molecule has 1 rings (SSSR count). The Morgan fingerprint density at radius 1 is 1.08 bits per heavy atom. The van der Waals surface area contributed by atoms with Gasteiger partial charge < -0.3 is 9.47 Å². The Labute approximate surface area is 142 Å². The van der Waals surface area contributed by atoms with Gasteiger partial charge in [0.15, 0.2) is 0 Å². The molecule has 0 aromatic carbocycles. The molecule has 0 spiro atoms. The predicted octanol–water partition coefficient (Wildman–Crippen LogP) is 1.05. The first-order chi connectivity index (χ1) is 11.4. The van der Waals surface area contributed by atoms with Crippen molar-refractivity contribution >= 4 is 23.4 Å². The molecule has 7 nitrogen and oxygen atoms in total. The monoisotopic (exact) mass is 339 g/mol. The maximum Gasteiger partial charge on any atom is 0.253 e. The van der Waals surface area contributed by atoms with Crippen molar-refractivity contribution in [1.29, 1.82) is 0 Å². The third kappa shape index (κ3) is 8.12. The molecule has 0 aromatic rings. The van der Waals surface area contributed by atoms with E-state index in [-0.39, 0.29) is 42.5 Å². The third-order valence-corrected chi connectivity index (χ3v) is 3.47. The lowest BCUT2D eigenvalue weighted by Gasteiger charge is -2.13.